The highest BCUT2D eigenvalue weighted by atomic mass is 19.4. The minimum atomic E-state index is -4.93. The number of aromatic nitrogens is 1. The average Bonchev–Trinajstić information content (AvgIpc) is 2.77. The molecular weight excluding hydrogens is 440 g/mol. The number of amides is 1. The van der Waals surface area contributed by atoms with Crippen LogP contribution in [0, 0.1) is 5.82 Å². The van der Waals surface area contributed by atoms with E-state index in [9.17, 15) is 27.5 Å². The molecule has 0 saturated carbocycles. The van der Waals surface area contributed by atoms with Crippen molar-refractivity contribution in [1.29, 1.82) is 0 Å². The Morgan fingerprint density at radius 2 is 1.82 bits per heavy atom. The first-order valence-corrected chi connectivity index (χ1v) is 9.95. The van der Waals surface area contributed by atoms with Gasteiger partial charge >= 0.3 is 6.18 Å². The van der Waals surface area contributed by atoms with E-state index >= 15 is 0 Å². The zero-order valence-electron chi connectivity index (χ0n) is 17.6. The van der Waals surface area contributed by atoms with Gasteiger partial charge in [-0.1, -0.05) is 37.3 Å². The van der Waals surface area contributed by atoms with E-state index in [1.54, 1.807) is 36.4 Å². The number of hydrogen-bond donors (Lipinski definition) is 4. The fraction of sp³-hybridized carbons (Fsp3) is 0.217. The van der Waals surface area contributed by atoms with E-state index in [0.717, 1.165) is 6.20 Å². The summed E-state index contributed by atoms with van der Waals surface area (Å²) in [6, 6.07) is 12.4. The van der Waals surface area contributed by atoms with Gasteiger partial charge in [0.2, 0.25) is 5.60 Å². The lowest BCUT2D eigenvalue weighted by Gasteiger charge is -2.29. The SMILES string of the molecule is CC[C@](O)(/C(N)=C/NCc1ccc2c(-c3ccccc3F)cc(C(N)=O)nc2c1)C(F)(F)F. The Balaban J connectivity index is 1.96. The fourth-order valence-corrected chi connectivity index (χ4v) is 3.38. The molecule has 10 heteroatoms. The smallest absolute Gasteiger partial charge is 0.398 e. The van der Waals surface area contributed by atoms with E-state index in [2.05, 4.69) is 10.3 Å². The number of halogens is 4. The van der Waals surface area contributed by atoms with Crippen molar-refractivity contribution >= 4 is 16.8 Å². The molecule has 0 fully saturated rings. The Hall–Kier alpha value is -3.66. The zero-order valence-corrected chi connectivity index (χ0v) is 17.6. The predicted molar refractivity (Wildman–Crippen MR) is 116 cm³/mol. The molecule has 33 heavy (non-hydrogen) atoms. The van der Waals surface area contributed by atoms with Gasteiger partial charge in [-0.3, -0.25) is 4.79 Å². The van der Waals surface area contributed by atoms with Gasteiger partial charge in [0.05, 0.1) is 11.2 Å². The van der Waals surface area contributed by atoms with E-state index in [1.807, 2.05) is 0 Å². The van der Waals surface area contributed by atoms with Crippen LogP contribution in [0.5, 0.6) is 0 Å². The fourth-order valence-electron chi connectivity index (χ4n) is 3.38. The van der Waals surface area contributed by atoms with Crippen molar-refractivity contribution < 1.29 is 27.5 Å². The van der Waals surface area contributed by atoms with Gasteiger partial charge in [-0.25, -0.2) is 9.37 Å². The Labute approximate surface area is 186 Å². The van der Waals surface area contributed by atoms with Crippen LogP contribution in [-0.2, 0) is 6.54 Å². The molecule has 1 heterocycles. The molecule has 0 saturated heterocycles. The van der Waals surface area contributed by atoms with Gasteiger partial charge in [0.1, 0.15) is 11.5 Å². The van der Waals surface area contributed by atoms with Gasteiger partial charge in [0, 0.05) is 23.7 Å². The minimum absolute atomic E-state index is 0.0474. The molecule has 0 spiro atoms. The monoisotopic (exact) mass is 462 g/mol. The molecule has 2 aromatic carbocycles. The lowest BCUT2D eigenvalue weighted by atomic mass is 9.96. The summed E-state index contributed by atoms with van der Waals surface area (Å²) < 4.78 is 53.8. The second-order valence-corrected chi connectivity index (χ2v) is 7.44. The largest absolute Gasteiger partial charge is 0.422 e. The first-order valence-electron chi connectivity index (χ1n) is 9.95. The average molecular weight is 462 g/mol. The highest BCUT2D eigenvalue weighted by molar-refractivity contribution is 6.01. The maximum absolute atomic E-state index is 14.4. The van der Waals surface area contributed by atoms with Crippen molar-refractivity contribution in [3.63, 3.8) is 0 Å². The summed E-state index contributed by atoms with van der Waals surface area (Å²) in [7, 11) is 0. The number of fused-ring (bicyclic) bond motifs is 1. The first kappa shape index (κ1) is 24.0. The maximum atomic E-state index is 14.4. The van der Waals surface area contributed by atoms with Crippen molar-refractivity contribution in [3.8, 4) is 11.1 Å². The zero-order chi connectivity index (χ0) is 24.4. The number of benzene rings is 2. The van der Waals surface area contributed by atoms with E-state index in [0.29, 0.717) is 22.0 Å². The third-order valence-electron chi connectivity index (χ3n) is 5.31. The van der Waals surface area contributed by atoms with Crippen LogP contribution >= 0.6 is 0 Å². The third kappa shape index (κ3) is 4.75. The summed E-state index contributed by atoms with van der Waals surface area (Å²) in [5, 5.41) is 13.1. The molecule has 0 aliphatic rings. The molecular formula is C23H22F4N4O2. The van der Waals surface area contributed by atoms with Crippen molar-refractivity contribution in [2.75, 3.05) is 0 Å². The van der Waals surface area contributed by atoms with Gasteiger partial charge in [-0.15, -0.1) is 0 Å². The topological polar surface area (TPSA) is 114 Å². The molecule has 1 aromatic heterocycles. The van der Waals surface area contributed by atoms with Crippen LogP contribution in [0.25, 0.3) is 22.0 Å². The molecule has 0 aliphatic carbocycles. The van der Waals surface area contributed by atoms with Gasteiger partial charge < -0.3 is 21.9 Å². The van der Waals surface area contributed by atoms with Crippen molar-refractivity contribution in [2.24, 2.45) is 11.5 Å². The number of carbonyl (C=O) groups is 1. The van der Waals surface area contributed by atoms with Crippen LogP contribution in [0.15, 0.2) is 60.4 Å². The van der Waals surface area contributed by atoms with Crippen molar-refractivity contribution in [3.05, 3.63) is 77.5 Å². The van der Waals surface area contributed by atoms with E-state index < -0.39 is 35.6 Å². The van der Waals surface area contributed by atoms with E-state index in [4.69, 9.17) is 11.5 Å². The van der Waals surface area contributed by atoms with Gasteiger partial charge in [-0.05, 0) is 35.7 Å². The number of pyridine rings is 1. The van der Waals surface area contributed by atoms with Crippen molar-refractivity contribution in [2.45, 2.75) is 31.7 Å². The second-order valence-electron chi connectivity index (χ2n) is 7.44. The van der Waals surface area contributed by atoms with Crippen LogP contribution in [0.1, 0.15) is 29.4 Å². The maximum Gasteiger partial charge on any atom is 0.422 e. The molecule has 1 atom stereocenters. The summed E-state index contributed by atoms with van der Waals surface area (Å²) in [5.41, 5.74) is 8.52. The van der Waals surface area contributed by atoms with E-state index in [-0.39, 0.29) is 17.8 Å². The number of aliphatic hydroxyl groups is 1. The standard InChI is InChI=1S/C23H22F4N4O2/c1-2-22(33,23(25,26)27)20(28)12-30-11-13-7-8-15-16(14-5-3-4-6-17(14)24)10-19(21(29)32)31-18(15)9-13/h3-10,12,30,33H,2,11,28H2,1H3,(H2,29,32)/b20-12-/t22-/m0/s1. The Kier molecular flexibility index (Phi) is 6.59. The molecule has 0 bridgehead atoms. The number of hydrogen-bond acceptors (Lipinski definition) is 5. The predicted octanol–water partition coefficient (Wildman–Crippen LogP) is 3.73. The molecule has 6 N–H and O–H groups in total. The Morgan fingerprint density at radius 1 is 1.12 bits per heavy atom. The molecule has 174 valence electrons. The van der Waals surface area contributed by atoms with Gasteiger partial charge in [-0.2, -0.15) is 13.2 Å². The van der Waals surface area contributed by atoms with Crippen LogP contribution in [0.4, 0.5) is 17.6 Å². The summed E-state index contributed by atoms with van der Waals surface area (Å²) >= 11 is 0. The summed E-state index contributed by atoms with van der Waals surface area (Å²) in [4.78, 5) is 16.0. The highest BCUT2D eigenvalue weighted by Gasteiger charge is 2.54. The Morgan fingerprint density at radius 3 is 2.42 bits per heavy atom. The number of nitrogens with two attached hydrogens (primary N) is 2. The molecule has 3 rings (SSSR count). The lowest BCUT2D eigenvalue weighted by molar-refractivity contribution is -0.245. The number of carbonyl (C=O) groups excluding carboxylic acids is 1. The van der Waals surface area contributed by atoms with Crippen LogP contribution < -0.4 is 16.8 Å². The lowest BCUT2D eigenvalue weighted by Crippen LogP contribution is -2.49. The summed E-state index contributed by atoms with van der Waals surface area (Å²) in [5.74, 6) is -1.28. The third-order valence-corrected chi connectivity index (χ3v) is 5.31. The summed E-state index contributed by atoms with van der Waals surface area (Å²) in [6.45, 7) is 1.22. The van der Waals surface area contributed by atoms with Crippen molar-refractivity contribution in [1.82, 2.24) is 10.3 Å². The van der Waals surface area contributed by atoms with Gasteiger partial charge in [0.15, 0.2) is 0 Å². The van der Waals surface area contributed by atoms with E-state index in [1.165, 1.54) is 19.1 Å². The molecule has 0 unspecified atom stereocenters. The highest BCUT2D eigenvalue weighted by Crippen LogP contribution is 2.36. The van der Waals surface area contributed by atoms with Crippen LogP contribution in [-0.4, -0.2) is 27.8 Å². The first-order chi connectivity index (χ1) is 15.5. The van der Waals surface area contributed by atoms with Crippen LogP contribution in [0.2, 0.25) is 0 Å². The number of alkyl halides is 3. The molecule has 6 nitrogen and oxygen atoms in total. The molecule has 1 amide bonds. The number of primary amides is 1. The molecule has 3 aromatic rings. The Bertz CT molecular complexity index is 1230. The molecule has 0 radical (unpaired) electrons. The second kappa shape index (κ2) is 9.07. The van der Waals surface area contributed by atoms with Crippen LogP contribution in [0.3, 0.4) is 0 Å². The molecule has 0 aliphatic heterocycles. The van der Waals surface area contributed by atoms with Gasteiger partial charge in [0.25, 0.3) is 5.91 Å². The minimum Gasteiger partial charge on any atom is -0.398 e. The summed E-state index contributed by atoms with van der Waals surface area (Å²) in [6.07, 6.45) is -4.67. The number of nitrogens with zero attached hydrogens (tertiary/aromatic N) is 1. The quantitative estimate of drug-likeness (QED) is 0.400. The normalized spacial score (nSPS) is 14.2. The number of rotatable bonds is 7. The number of nitrogens with one attached hydrogen (secondary N) is 1.